The molecule has 7 heteroatoms. The second kappa shape index (κ2) is 7.49. The third-order valence-electron chi connectivity index (χ3n) is 4.59. The van der Waals surface area contributed by atoms with Gasteiger partial charge >= 0.3 is 0 Å². The van der Waals surface area contributed by atoms with Gasteiger partial charge in [-0.15, -0.1) is 0 Å². The zero-order valence-corrected chi connectivity index (χ0v) is 15.0. The first-order chi connectivity index (χ1) is 13.2. The molecule has 0 spiro atoms. The maximum Gasteiger partial charge on any atom is 0.214 e. The van der Waals surface area contributed by atoms with Crippen LogP contribution in [0.3, 0.4) is 0 Å². The third-order valence-corrected chi connectivity index (χ3v) is 4.59. The van der Waals surface area contributed by atoms with Gasteiger partial charge in [0.05, 0.1) is 11.9 Å². The molecule has 1 aromatic carbocycles. The molecule has 2 aliphatic rings. The van der Waals surface area contributed by atoms with E-state index in [0.717, 1.165) is 29.4 Å². The summed E-state index contributed by atoms with van der Waals surface area (Å²) in [7, 11) is 0. The maximum absolute atomic E-state index is 6.11. The van der Waals surface area contributed by atoms with Gasteiger partial charge in [-0.3, -0.25) is 4.98 Å². The van der Waals surface area contributed by atoms with Crippen LogP contribution in [0.1, 0.15) is 25.7 Å². The summed E-state index contributed by atoms with van der Waals surface area (Å²) in [6.07, 6.45) is 7.91. The molecule has 1 saturated carbocycles. The van der Waals surface area contributed by atoms with Crippen molar-refractivity contribution in [1.82, 2.24) is 10.3 Å². The molecule has 1 fully saturated rings. The van der Waals surface area contributed by atoms with Gasteiger partial charge in [0.1, 0.15) is 11.9 Å². The zero-order chi connectivity index (χ0) is 18.6. The monoisotopic (exact) mass is 362 g/mol. The van der Waals surface area contributed by atoms with Crippen molar-refractivity contribution >= 4 is 28.8 Å². The van der Waals surface area contributed by atoms with Crippen LogP contribution in [0.5, 0.6) is 0 Å². The molecule has 7 nitrogen and oxygen atoms in total. The molecule has 0 amide bonds. The average Bonchev–Trinajstić information content (AvgIpc) is 3.33. The van der Waals surface area contributed by atoms with E-state index in [1.54, 1.807) is 12.5 Å². The number of nitrogens with two attached hydrogens (primary N) is 1. The number of hydrogen-bond donors (Lipinski definition) is 3. The second-order valence-electron chi connectivity index (χ2n) is 6.58. The van der Waals surface area contributed by atoms with Crippen LogP contribution >= 0.6 is 0 Å². The molecule has 1 aliphatic heterocycles. The number of aliphatic imine (C=N–C) groups is 2. The Kier molecular flexibility index (Phi) is 4.74. The van der Waals surface area contributed by atoms with Crippen LogP contribution in [0.4, 0.5) is 5.69 Å². The summed E-state index contributed by atoms with van der Waals surface area (Å²) in [4.78, 5) is 13.0. The molecule has 0 unspecified atom stereocenters. The number of nitrogens with zero attached hydrogens (tertiary/aromatic N) is 3. The first kappa shape index (κ1) is 17.1. The van der Waals surface area contributed by atoms with Crippen molar-refractivity contribution in [3.63, 3.8) is 0 Å². The van der Waals surface area contributed by atoms with Crippen molar-refractivity contribution in [2.45, 2.75) is 31.8 Å². The van der Waals surface area contributed by atoms with Crippen LogP contribution in [-0.4, -0.2) is 23.3 Å². The van der Waals surface area contributed by atoms with Crippen LogP contribution < -0.4 is 16.4 Å². The number of rotatable bonds is 5. The highest BCUT2D eigenvalue weighted by Gasteiger charge is 2.22. The van der Waals surface area contributed by atoms with Crippen LogP contribution in [0.2, 0.25) is 0 Å². The first-order valence-electron chi connectivity index (χ1n) is 9.04. The van der Waals surface area contributed by atoms with Crippen LogP contribution in [0.15, 0.2) is 70.5 Å². The zero-order valence-electron chi connectivity index (χ0n) is 15.0. The number of fused-ring (bicyclic) bond motifs is 1. The molecule has 0 saturated heterocycles. The van der Waals surface area contributed by atoms with Crippen molar-refractivity contribution in [1.29, 1.82) is 0 Å². The molecular formula is C20H22N6O. The number of amidine groups is 1. The van der Waals surface area contributed by atoms with Crippen molar-refractivity contribution in [2.75, 3.05) is 5.32 Å². The Bertz CT molecular complexity index is 956. The van der Waals surface area contributed by atoms with E-state index < -0.39 is 0 Å². The minimum Gasteiger partial charge on any atom is -0.474 e. The van der Waals surface area contributed by atoms with Gasteiger partial charge in [-0.2, -0.15) is 0 Å². The van der Waals surface area contributed by atoms with Crippen molar-refractivity contribution in [2.24, 2.45) is 15.7 Å². The van der Waals surface area contributed by atoms with E-state index in [0.29, 0.717) is 23.2 Å². The molecule has 1 aromatic heterocycles. The molecule has 138 valence electrons. The fourth-order valence-corrected chi connectivity index (χ4v) is 3.28. The molecule has 4 rings (SSSR count). The summed E-state index contributed by atoms with van der Waals surface area (Å²) in [5.74, 6) is 1.29. The lowest BCUT2D eigenvalue weighted by atomic mass is 10.2. The number of nitrogens with one attached hydrogen (secondary N) is 2. The highest BCUT2D eigenvalue weighted by molar-refractivity contribution is 6.09. The maximum atomic E-state index is 6.11. The quantitative estimate of drug-likeness (QED) is 0.710. The second-order valence-corrected chi connectivity index (χ2v) is 6.58. The summed E-state index contributed by atoms with van der Waals surface area (Å²) < 4.78 is 5.84. The van der Waals surface area contributed by atoms with Crippen LogP contribution in [0, 0.1) is 0 Å². The van der Waals surface area contributed by atoms with E-state index in [2.05, 4.69) is 32.2 Å². The Balaban J connectivity index is 1.48. The molecule has 2 heterocycles. The van der Waals surface area contributed by atoms with Gasteiger partial charge in [-0.05, 0) is 49.9 Å². The third kappa shape index (κ3) is 3.92. The molecule has 0 bridgehead atoms. The molecule has 27 heavy (non-hydrogen) atoms. The Morgan fingerprint density at radius 3 is 3.00 bits per heavy atom. The fraction of sp³-hybridized carbons (Fsp3) is 0.250. The predicted molar refractivity (Wildman–Crippen MR) is 108 cm³/mol. The number of ether oxygens (including phenoxy) is 1. The van der Waals surface area contributed by atoms with Gasteiger partial charge in [0.2, 0.25) is 5.88 Å². The lowest BCUT2D eigenvalue weighted by Gasteiger charge is -2.14. The Morgan fingerprint density at radius 2 is 2.15 bits per heavy atom. The topological polar surface area (TPSA) is 96.9 Å². The molecule has 0 atom stereocenters. The van der Waals surface area contributed by atoms with Gasteiger partial charge in [-0.25, -0.2) is 9.98 Å². The number of hydrogen-bond acceptors (Lipinski definition) is 6. The van der Waals surface area contributed by atoms with E-state index in [1.807, 2.05) is 30.3 Å². The number of aromatic nitrogens is 1. The van der Waals surface area contributed by atoms with E-state index in [-0.39, 0.29) is 6.10 Å². The predicted octanol–water partition coefficient (Wildman–Crippen LogP) is 3.23. The van der Waals surface area contributed by atoms with Gasteiger partial charge in [0, 0.05) is 17.3 Å². The Morgan fingerprint density at radius 1 is 1.30 bits per heavy atom. The largest absolute Gasteiger partial charge is 0.474 e. The van der Waals surface area contributed by atoms with Crippen molar-refractivity contribution in [3.8, 4) is 0 Å². The van der Waals surface area contributed by atoms with E-state index in [9.17, 15) is 0 Å². The minimum absolute atomic E-state index is 0.169. The number of anilines is 1. The van der Waals surface area contributed by atoms with Crippen LogP contribution in [0.25, 0.3) is 10.9 Å². The Labute approximate surface area is 157 Å². The van der Waals surface area contributed by atoms with E-state index in [1.165, 1.54) is 12.8 Å². The molecule has 0 radical (unpaired) electrons. The molecular weight excluding hydrogens is 340 g/mol. The molecule has 1 aliphatic carbocycles. The SMILES string of the molecule is C=C(/N=C1/NC=N/C1=C(/N)OC1CCCC1)Nc1ccc2ncccc2c1. The lowest BCUT2D eigenvalue weighted by Crippen LogP contribution is -2.22. The molecule has 4 N–H and O–H groups in total. The summed E-state index contributed by atoms with van der Waals surface area (Å²) in [5.41, 5.74) is 8.43. The normalized spacial score (nSPS) is 20.1. The average molecular weight is 362 g/mol. The number of pyridine rings is 1. The van der Waals surface area contributed by atoms with Crippen LogP contribution in [-0.2, 0) is 4.74 Å². The minimum atomic E-state index is 0.169. The van der Waals surface area contributed by atoms with Crippen molar-refractivity contribution in [3.05, 3.63) is 60.5 Å². The van der Waals surface area contributed by atoms with Gasteiger partial charge in [0.15, 0.2) is 11.5 Å². The van der Waals surface area contributed by atoms with E-state index in [4.69, 9.17) is 10.5 Å². The fourth-order valence-electron chi connectivity index (χ4n) is 3.28. The van der Waals surface area contributed by atoms with E-state index >= 15 is 0 Å². The summed E-state index contributed by atoms with van der Waals surface area (Å²) >= 11 is 0. The van der Waals surface area contributed by atoms with Crippen molar-refractivity contribution < 1.29 is 4.74 Å². The smallest absolute Gasteiger partial charge is 0.214 e. The highest BCUT2D eigenvalue weighted by Crippen LogP contribution is 2.24. The number of benzene rings is 1. The molecule has 2 aromatic rings. The van der Waals surface area contributed by atoms with Gasteiger partial charge in [-0.1, -0.05) is 12.6 Å². The summed E-state index contributed by atoms with van der Waals surface area (Å²) in [6, 6.07) is 9.81. The standard InChI is InChI=1S/C20H22N6O/c1-13(25-15-8-9-17-14(11-15)5-4-10-22-17)26-20-18(23-12-24-20)19(21)27-16-6-2-3-7-16/h4-5,8-12,16,25H,1-3,6-7,21H2,(H,23,24,26)/b19-18-. The first-order valence-corrected chi connectivity index (χ1v) is 9.04. The summed E-state index contributed by atoms with van der Waals surface area (Å²) in [5, 5.41) is 7.21. The lowest BCUT2D eigenvalue weighted by molar-refractivity contribution is 0.118. The summed E-state index contributed by atoms with van der Waals surface area (Å²) in [6.45, 7) is 3.98. The van der Waals surface area contributed by atoms with Gasteiger partial charge in [0.25, 0.3) is 0 Å². The van der Waals surface area contributed by atoms with Gasteiger partial charge < -0.3 is 21.1 Å². The Hall–Kier alpha value is -3.35. The highest BCUT2D eigenvalue weighted by atomic mass is 16.5.